The van der Waals surface area contributed by atoms with Crippen molar-refractivity contribution in [2.75, 3.05) is 0 Å². The van der Waals surface area contributed by atoms with Crippen molar-refractivity contribution in [3.8, 4) is 0 Å². The summed E-state index contributed by atoms with van der Waals surface area (Å²) < 4.78 is 13.7. The van der Waals surface area contributed by atoms with Gasteiger partial charge in [0.25, 0.3) is 5.56 Å². The first-order valence-corrected chi connectivity index (χ1v) is 3.59. The number of nitrogens with zero attached hydrogens (tertiary/aromatic N) is 2. The average molecular weight is 185 g/mol. The largest absolute Gasteiger partial charge is 0.298 e. The Kier molecular flexibility index (Phi) is 1.44. The first-order valence-electron chi connectivity index (χ1n) is 3.14. The van der Waals surface area contributed by atoms with E-state index in [0.717, 1.165) is 16.8 Å². The van der Waals surface area contributed by atoms with Crippen LogP contribution in [0.4, 0.5) is 4.39 Å². The molecule has 0 aliphatic rings. The van der Waals surface area contributed by atoms with E-state index in [9.17, 15) is 9.18 Å². The minimum absolute atomic E-state index is 0.156. The molecule has 0 fully saturated rings. The Morgan fingerprint density at radius 1 is 1.67 bits per heavy atom. The third-order valence-corrected chi connectivity index (χ3v) is 1.63. The Hall–Kier alpha value is -1.30. The molecule has 4 nitrogen and oxygen atoms in total. The second-order valence-electron chi connectivity index (χ2n) is 2.27. The molecule has 2 aromatic rings. The average Bonchev–Trinajstić information content (AvgIpc) is 2.29. The lowest BCUT2D eigenvalue weighted by atomic mass is 10.5. The molecule has 62 valence electrons. The van der Waals surface area contributed by atoms with Gasteiger partial charge in [0.1, 0.15) is 11.3 Å². The van der Waals surface area contributed by atoms with Crippen molar-refractivity contribution in [3.05, 3.63) is 28.4 Å². The van der Waals surface area contributed by atoms with Gasteiger partial charge in [-0.05, 0) is 0 Å². The van der Waals surface area contributed by atoms with Crippen molar-refractivity contribution in [3.63, 3.8) is 0 Å². The Morgan fingerprint density at radius 2 is 2.42 bits per heavy atom. The number of hydrogen-bond acceptors (Lipinski definition) is 3. The van der Waals surface area contributed by atoms with Crippen molar-refractivity contribution in [2.24, 2.45) is 0 Å². The van der Waals surface area contributed by atoms with Crippen LogP contribution in [0.2, 0.25) is 0 Å². The molecule has 0 saturated carbocycles. The second kappa shape index (κ2) is 2.34. The molecule has 0 unspecified atom stereocenters. The highest BCUT2D eigenvalue weighted by atomic mass is 32.1. The van der Waals surface area contributed by atoms with Crippen molar-refractivity contribution >= 4 is 18.1 Å². The first kappa shape index (κ1) is 7.35. The van der Waals surface area contributed by atoms with E-state index >= 15 is 0 Å². The van der Waals surface area contributed by atoms with Gasteiger partial charge in [-0.25, -0.2) is 8.91 Å². The van der Waals surface area contributed by atoms with Gasteiger partial charge in [0.15, 0.2) is 5.16 Å². The van der Waals surface area contributed by atoms with Gasteiger partial charge in [0.2, 0.25) is 0 Å². The number of halogens is 1. The summed E-state index contributed by atoms with van der Waals surface area (Å²) in [5.41, 5.74) is -0.232. The monoisotopic (exact) mass is 185 g/mol. The van der Waals surface area contributed by atoms with Gasteiger partial charge in [0.05, 0.1) is 6.20 Å². The highest BCUT2D eigenvalue weighted by molar-refractivity contribution is 7.80. The lowest BCUT2D eigenvalue weighted by molar-refractivity contribution is 0.623. The first-order chi connectivity index (χ1) is 5.66. The van der Waals surface area contributed by atoms with E-state index in [4.69, 9.17) is 0 Å². The van der Waals surface area contributed by atoms with E-state index < -0.39 is 11.4 Å². The summed E-state index contributed by atoms with van der Waals surface area (Å²) in [5.74, 6) is -0.494. The van der Waals surface area contributed by atoms with Gasteiger partial charge in [-0.15, -0.1) is 17.7 Å². The molecule has 2 heterocycles. The van der Waals surface area contributed by atoms with Gasteiger partial charge in [0, 0.05) is 6.07 Å². The van der Waals surface area contributed by atoms with Crippen molar-refractivity contribution in [1.29, 1.82) is 0 Å². The lowest BCUT2D eigenvalue weighted by Gasteiger charge is -1.92. The number of nitrogens with one attached hydrogen (secondary N) is 1. The normalized spacial score (nSPS) is 10.8. The molecule has 6 heteroatoms. The molecule has 2 rings (SSSR count). The molecule has 12 heavy (non-hydrogen) atoms. The quantitative estimate of drug-likeness (QED) is 0.585. The third-order valence-electron chi connectivity index (χ3n) is 1.43. The van der Waals surface area contributed by atoms with Gasteiger partial charge < -0.3 is 0 Å². The minimum Gasteiger partial charge on any atom is -0.298 e. The van der Waals surface area contributed by atoms with Gasteiger partial charge in [-0.1, -0.05) is 0 Å². The molecule has 0 saturated heterocycles. The Morgan fingerprint density at radius 3 is 3.17 bits per heavy atom. The van der Waals surface area contributed by atoms with Crippen molar-refractivity contribution in [2.45, 2.75) is 5.16 Å². The zero-order chi connectivity index (χ0) is 8.72. The smallest absolute Gasteiger partial charge is 0.276 e. The van der Waals surface area contributed by atoms with Gasteiger partial charge >= 0.3 is 0 Å². The molecule has 2 aromatic heterocycles. The van der Waals surface area contributed by atoms with E-state index in [1.807, 2.05) is 0 Å². The fraction of sp³-hybridized carbons (Fsp3) is 0. The number of aromatic amines is 1. The Bertz CT molecular complexity index is 489. The highest BCUT2D eigenvalue weighted by Gasteiger charge is 2.03. The second-order valence-corrected chi connectivity index (χ2v) is 2.69. The molecule has 0 spiro atoms. The molecular formula is C6H4FN3OS. The molecule has 0 aliphatic carbocycles. The zero-order valence-electron chi connectivity index (χ0n) is 5.78. The lowest BCUT2D eigenvalue weighted by Crippen LogP contribution is -2.11. The van der Waals surface area contributed by atoms with Crippen LogP contribution in [0, 0.1) is 5.82 Å². The molecule has 0 aromatic carbocycles. The van der Waals surface area contributed by atoms with Crippen molar-refractivity contribution < 1.29 is 4.39 Å². The van der Waals surface area contributed by atoms with E-state index in [2.05, 4.69) is 22.7 Å². The zero-order valence-corrected chi connectivity index (χ0v) is 6.68. The third kappa shape index (κ3) is 1.00. The summed E-state index contributed by atoms with van der Waals surface area (Å²) in [7, 11) is 0. The molecule has 0 bridgehead atoms. The van der Waals surface area contributed by atoms with Crippen LogP contribution >= 0.6 is 12.6 Å². The van der Waals surface area contributed by atoms with E-state index in [1.54, 1.807) is 0 Å². The van der Waals surface area contributed by atoms with Crippen LogP contribution in [0.15, 0.2) is 22.2 Å². The predicted octanol–water partition coefficient (Wildman–Crippen LogP) is 0.450. The molecule has 0 aliphatic heterocycles. The summed E-state index contributed by atoms with van der Waals surface area (Å²) in [6.07, 6.45) is 1.12. The molecule has 0 amide bonds. The number of aromatic nitrogens is 3. The van der Waals surface area contributed by atoms with E-state index in [0.29, 0.717) is 0 Å². The van der Waals surface area contributed by atoms with Crippen LogP contribution in [-0.4, -0.2) is 14.6 Å². The highest BCUT2D eigenvalue weighted by Crippen LogP contribution is 2.02. The maximum Gasteiger partial charge on any atom is 0.276 e. The van der Waals surface area contributed by atoms with Crippen LogP contribution < -0.4 is 5.56 Å². The van der Waals surface area contributed by atoms with Crippen LogP contribution in [0.1, 0.15) is 0 Å². The summed E-state index contributed by atoms with van der Waals surface area (Å²) in [4.78, 5) is 13.4. The fourth-order valence-electron chi connectivity index (χ4n) is 0.965. The SMILES string of the molecule is O=c1[nH]c(S)nn2cc(F)cc12. The number of H-pyrrole nitrogens is 1. The fourth-order valence-corrected chi connectivity index (χ4v) is 1.16. The summed E-state index contributed by atoms with van der Waals surface area (Å²) in [6, 6.07) is 1.11. The van der Waals surface area contributed by atoms with Gasteiger partial charge in [-0.3, -0.25) is 9.78 Å². The molecule has 0 atom stereocenters. The van der Waals surface area contributed by atoms with Crippen LogP contribution in [-0.2, 0) is 0 Å². The summed E-state index contributed by atoms with van der Waals surface area (Å²) in [6.45, 7) is 0. The maximum atomic E-state index is 12.6. The number of rotatable bonds is 0. The number of fused-ring (bicyclic) bond motifs is 1. The topological polar surface area (TPSA) is 50.2 Å². The van der Waals surface area contributed by atoms with Gasteiger partial charge in [-0.2, -0.15) is 0 Å². The maximum absolute atomic E-state index is 12.6. The van der Waals surface area contributed by atoms with E-state index in [1.165, 1.54) is 0 Å². The van der Waals surface area contributed by atoms with Crippen LogP contribution in [0.25, 0.3) is 5.52 Å². The predicted molar refractivity (Wildman–Crippen MR) is 43.0 cm³/mol. The van der Waals surface area contributed by atoms with E-state index in [-0.39, 0.29) is 10.7 Å². The Labute approximate surface area is 71.4 Å². The standard InChI is InChI=1S/C6H4FN3OS/c7-3-1-4-5(11)8-6(12)9-10(4)2-3/h1-2H,(H2,8,9,11,12). The molecular weight excluding hydrogens is 181 g/mol. The summed E-state index contributed by atoms with van der Waals surface area (Å²) >= 11 is 3.83. The Balaban J connectivity index is 2.98. The summed E-state index contributed by atoms with van der Waals surface area (Å²) in [5, 5.41) is 3.90. The van der Waals surface area contributed by atoms with Crippen molar-refractivity contribution in [1.82, 2.24) is 14.6 Å². The number of hydrogen-bond donors (Lipinski definition) is 2. The molecule has 1 N–H and O–H groups in total. The minimum atomic E-state index is -0.494. The molecule has 0 radical (unpaired) electrons. The number of thiol groups is 1. The van der Waals surface area contributed by atoms with Crippen LogP contribution in [0.3, 0.4) is 0 Å². The van der Waals surface area contributed by atoms with Crippen LogP contribution in [0.5, 0.6) is 0 Å².